The topological polar surface area (TPSA) is 92.9 Å². The van der Waals surface area contributed by atoms with Crippen molar-refractivity contribution in [1.82, 2.24) is 20.0 Å². The Balaban J connectivity index is 1.78. The van der Waals surface area contributed by atoms with E-state index in [9.17, 15) is 23.1 Å². The Morgan fingerprint density at radius 2 is 1.92 bits per heavy atom. The third kappa shape index (κ3) is 3.57. The normalized spacial score (nSPS) is 11.3. The summed E-state index contributed by atoms with van der Waals surface area (Å²) < 4.78 is 38.6. The molecular formula is C15H10F3N5O2. The fourth-order valence-corrected chi connectivity index (χ4v) is 1.93. The second-order valence-corrected chi connectivity index (χ2v) is 4.92. The van der Waals surface area contributed by atoms with Crippen molar-refractivity contribution in [2.75, 3.05) is 5.32 Å². The number of benzene rings is 1. The molecule has 0 bridgehead atoms. The first-order chi connectivity index (χ1) is 11.8. The molecule has 0 aliphatic heterocycles. The van der Waals surface area contributed by atoms with Crippen LogP contribution in [0.15, 0.2) is 48.8 Å². The molecule has 0 aliphatic rings. The largest absolute Gasteiger partial charge is 0.506 e. The van der Waals surface area contributed by atoms with Gasteiger partial charge in [0.2, 0.25) is 0 Å². The van der Waals surface area contributed by atoms with E-state index < -0.39 is 17.6 Å². The number of anilines is 1. The number of phenolic OH excluding ortho intramolecular Hbond substituents is 1. The Labute approximate surface area is 138 Å². The summed E-state index contributed by atoms with van der Waals surface area (Å²) in [5.41, 5.74) is -0.798. The monoisotopic (exact) mass is 349 g/mol. The summed E-state index contributed by atoms with van der Waals surface area (Å²) in [7, 11) is 0. The van der Waals surface area contributed by atoms with Gasteiger partial charge in [-0.1, -0.05) is 17.3 Å². The summed E-state index contributed by atoms with van der Waals surface area (Å²) in [5, 5.41) is 19.4. The molecule has 0 spiro atoms. The molecule has 0 unspecified atom stereocenters. The van der Waals surface area contributed by atoms with Crippen LogP contribution in [0.25, 0.3) is 5.82 Å². The van der Waals surface area contributed by atoms with E-state index in [0.717, 1.165) is 16.8 Å². The molecule has 3 rings (SSSR count). The number of aromatic hydroxyl groups is 1. The molecular weight excluding hydrogens is 339 g/mol. The zero-order valence-electron chi connectivity index (χ0n) is 12.4. The lowest BCUT2D eigenvalue weighted by Crippen LogP contribution is -2.12. The highest BCUT2D eigenvalue weighted by Crippen LogP contribution is 2.28. The molecule has 25 heavy (non-hydrogen) atoms. The van der Waals surface area contributed by atoms with E-state index in [1.807, 2.05) is 0 Å². The number of alkyl halides is 3. The van der Waals surface area contributed by atoms with Crippen LogP contribution in [0.3, 0.4) is 0 Å². The van der Waals surface area contributed by atoms with Crippen molar-refractivity contribution in [2.45, 2.75) is 6.18 Å². The van der Waals surface area contributed by atoms with Crippen molar-refractivity contribution in [3.05, 3.63) is 60.0 Å². The van der Waals surface area contributed by atoms with Gasteiger partial charge in [0.05, 0.1) is 17.4 Å². The van der Waals surface area contributed by atoms with Gasteiger partial charge in [-0.3, -0.25) is 4.79 Å². The summed E-state index contributed by atoms with van der Waals surface area (Å²) in [6.45, 7) is 0. The van der Waals surface area contributed by atoms with Gasteiger partial charge in [-0.15, -0.1) is 5.10 Å². The van der Waals surface area contributed by atoms with Crippen LogP contribution in [0.5, 0.6) is 5.75 Å². The fraction of sp³-hybridized carbons (Fsp3) is 0.0667. The van der Waals surface area contributed by atoms with E-state index in [1.165, 1.54) is 18.3 Å². The van der Waals surface area contributed by atoms with Crippen LogP contribution in [0.1, 0.15) is 16.1 Å². The number of phenols is 1. The maximum absolute atomic E-state index is 12.5. The van der Waals surface area contributed by atoms with E-state index >= 15 is 0 Å². The van der Waals surface area contributed by atoms with Crippen LogP contribution in [0, 0.1) is 0 Å². The highest BCUT2D eigenvalue weighted by Gasteiger charge is 2.30. The van der Waals surface area contributed by atoms with Gasteiger partial charge >= 0.3 is 6.18 Å². The first kappa shape index (κ1) is 16.4. The number of hydrogen-bond donors (Lipinski definition) is 2. The molecule has 1 amide bonds. The van der Waals surface area contributed by atoms with Crippen molar-refractivity contribution in [1.29, 1.82) is 0 Å². The summed E-state index contributed by atoms with van der Waals surface area (Å²) in [4.78, 5) is 15.7. The zero-order chi connectivity index (χ0) is 18.0. The molecule has 1 aromatic carbocycles. The minimum absolute atomic E-state index is 0.0714. The molecule has 0 fully saturated rings. The number of amides is 1. The number of pyridine rings is 1. The number of aromatic nitrogens is 4. The number of nitrogens with zero attached hydrogens (tertiary/aromatic N) is 4. The van der Waals surface area contributed by atoms with E-state index in [-0.39, 0.29) is 22.9 Å². The Morgan fingerprint density at radius 3 is 2.56 bits per heavy atom. The molecule has 2 heterocycles. The van der Waals surface area contributed by atoms with Crippen LogP contribution < -0.4 is 5.32 Å². The van der Waals surface area contributed by atoms with E-state index in [0.29, 0.717) is 6.20 Å². The van der Waals surface area contributed by atoms with Gasteiger partial charge in [-0.25, -0.2) is 9.67 Å². The van der Waals surface area contributed by atoms with Crippen molar-refractivity contribution in [3.8, 4) is 11.6 Å². The number of rotatable bonds is 3. The lowest BCUT2D eigenvalue weighted by Gasteiger charge is -2.06. The molecule has 2 aromatic heterocycles. The summed E-state index contributed by atoms with van der Waals surface area (Å²) in [6, 6.07) is 8.08. The van der Waals surface area contributed by atoms with E-state index in [1.54, 1.807) is 12.1 Å². The third-order valence-electron chi connectivity index (χ3n) is 3.19. The summed E-state index contributed by atoms with van der Waals surface area (Å²) >= 11 is 0. The highest BCUT2D eigenvalue weighted by atomic mass is 19.4. The van der Waals surface area contributed by atoms with Gasteiger partial charge in [0.25, 0.3) is 5.91 Å². The lowest BCUT2D eigenvalue weighted by molar-refractivity contribution is -0.137. The van der Waals surface area contributed by atoms with Crippen LogP contribution in [0.4, 0.5) is 18.9 Å². The Kier molecular flexibility index (Phi) is 4.09. The minimum atomic E-state index is -4.49. The Bertz CT molecular complexity index is 906. The number of hydrogen-bond acceptors (Lipinski definition) is 5. The Morgan fingerprint density at radius 1 is 1.16 bits per heavy atom. The third-order valence-corrected chi connectivity index (χ3v) is 3.19. The highest BCUT2D eigenvalue weighted by molar-refractivity contribution is 6.03. The molecule has 128 valence electrons. The minimum Gasteiger partial charge on any atom is -0.506 e. The molecule has 3 aromatic rings. The van der Waals surface area contributed by atoms with Crippen molar-refractivity contribution in [2.24, 2.45) is 0 Å². The van der Waals surface area contributed by atoms with Crippen LogP contribution in [-0.4, -0.2) is 31.0 Å². The van der Waals surface area contributed by atoms with E-state index in [4.69, 9.17) is 0 Å². The summed E-state index contributed by atoms with van der Waals surface area (Å²) in [5.74, 6) is -0.686. The van der Waals surface area contributed by atoms with Gasteiger partial charge < -0.3 is 10.4 Å². The molecule has 7 nitrogen and oxygen atoms in total. The molecule has 0 saturated carbocycles. The predicted octanol–water partition coefficient (Wildman–Crippen LogP) is 2.64. The molecule has 0 saturated heterocycles. The standard InChI is InChI=1S/C15H10F3N5O2/c16-15(17,18)9-5-6-13(19-7-9)23-8-11(21-22-23)14(25)20-10-3-1-2-4-12(10)24/h1-8,24H,(H,20,25). The first-order valence-electron chi connectivity index (χ1n) is 6.90. The number of halogens is 3. The number of nitrogens with one attached hydrogen (secondary N) is 1. The molecule has 0 aliphatic carbocycles. The van der Waals surface area contributed by atoms with Gasteiger partial charge in [0, 0.05) is 6.20 Å². The van der Waals surface area contributed by atoms with Crippen molar-refractivity contribution < 1.29 is 23.1 Å². The number of para-hydroxylation sites is 2. The average molecular weight is 349 g/mol. The fourth-order valence-electron chi connectivity index (χ4n) is 1.93. The number of carbonyl (C=O) groups excluding carboxylic acids is 1. The van der Waals surface area contributed by atoms with E-state index in [2.05, 4.69) is 20.6 Å². The zero-order valence-corrected chi connectivity index (χ0v) is 12.4. The molecule has 0 radical (unpaired) electrons. The molecule has 10 heteroatoms. The number of carbonyl (C=O) groups is 1. The van der Waals surface area contributed by atoms with Crippen LogP contribution in [0.2, 0.25) is 0 Å². The SMILES string of the molecule is O=C(Nc1ccccc1O)c1cn(-c2ccc(C(F)(F)F)cn2)nn1. The van der Waals surface area contributed by atoms with Crippen molar-refractivity contribution in [3.63, 3.8) is 0 Å². The smallest absolute Gasteiger partial charge is 0.417 e. The van der Waals surface area contributed by atoms with Gasteiger partial charge in [-0.05, 0) is 24.3 Å². The Hall–Kier alpha value is -3.43. The average Bonchev–Trinajstić information content (AvgIpc) is 3.06. The first-order valence-corrected chi connectivity index (χ1v) is 6.90. The molecule has 2 N–H and O–H groups in total. The second-order valence-electron chi connectivity index (χ2n) is 4.92. The maximum Gasteiger partial charge on any atom is 0.417 e. The molecule has 0 atom stereocenters. The van der Waals surface area contributed by atoms with Gasteiger partial charge in [0.15, 0.2) is 11.5 Å². The van der Waals surface area contributed by atoms with Gasteiger partial charge in [-0.2, -0.15) is 13.2 Å². The maximum atomic E-state index is 12.5. The predicted molar refractivity (Wildman–Crippen MR) is 80.2 cm³/mol. The van der Waals surface area contributed by atoms with Crippen LogP contribution >= 0.6 is 0 Å². The van der Waals surface area contributed by atoms with Crippen LogP contribution in [-0.2, 0) is 6.18 Å². The lowest BCUT2D eigenvalue weighted by atomic mass is 10.3. The van der Waals surface area contributed by atoms with Gasteiger partial charge in [0.1, 0.15) is 5.75 Å². The second kappa shape index (κ2) is 6.23. The summed E-state index contributed by atoms with van der Waals surface area (Å²) in [6.07, 6.45) is -2.61. The van der Waals surface area contributed by atoms with Crippen molar-refractivity contribution >= 4 is 11.6 Å². The quantitative estimate of drug-likeness (QED) is 0.709.